The molecule has 2 aliphatic rings. The summed E-state index contributed by atoms with van der Waals surface area (Å²) in [5.41, 5.74) is -0.716. The number of aliphatic hydroxyl groups is 1. The van der Waals surface area contributed by atoms with Gasteiger partial charge in [-0.2, -0.15) is 0 Å². The maximum absolute atomic E-state index is 14.2. The lowest BCUT2D eigenvalue weighted by Gasteiger charge is -2.41. The van der Waals surface area contributed by atoms with Crippen LogP contribution in [0.5, 0.6) is 0 Å². The lowest BCUT2D eigenvalue weighted by atomic mass is 9.79. The molecule has 2 aliphatic heterocycles. The molecule has 11 heteroatoms. The first-order valence-corrected chi connectivity index (χ1v) is 14.7. The van der Waals surface area contributed by atoms with E-state index in [1.165, 1.54) is 0 Å². The summed E-state index contributed by atoms with van der Waals surface area (Å²) in [6, 6.07) is 3.37. The highest BCUT2D eigenvalue weighted by molar-refractivity contribution is 5.98. The van der Waals surface area contributed by atoms with Gasteiger partial charge in [0, 0.05) is 56.5 Å². The third-order valence-electron chi connectivity index (χ3n) is 7.86. The normalized spacial score (nSPS) is 21.0. The number of anilines is 1. The van der Waals surface area contributed by atoms with Crippen LogP contribution in [0.1, 0.15) is 75.8 Å². The van der Waals surface area contributed by atoms with Gasteiger partial charge in [-0.25, -0.2) is 9.97 Å². The maximum Gasteiger partial charge on any atom is 0.259 e. The molecule has 0 radical (unpaired) electrons. The zero-order valence-corrected chi connectivity index (χ0v) is 25.0. The summed E-state index contributed by atoms with van der Waals surface area (Å²) in [7, 11) is 0. The first-order valence-electron chi connectivity index (χ1n) is 14.7. The van der Waals surface area contributed by atoms with Crippen molar-refractivity contribution in [3.05, 3.63) is 41.7 Å². The summed E-state index contributed by atoms with van der Waals surface area (Å²) in [5.74, 6) is 1.77. The van der Waals surface area contributed by atoms with Crippen molar-refractivity contribution in [2.24, 2.45) is 11.3 Å². The molecule has 2 unspecified atom stereocenters. The largest absolute Gasteiger partial charge is 0.467 e. The fraction of sp³-hybridized carbons (Fsp3) is 0.667. The SMILES string of the molecule is CC(C)CN(C(=O)c1cnc(C(C)(C)C)nc1NCc1ccco1)C1CNCC(NC(=O)C2(CO)CCOCC2)C1. The van der Waals surface area contributed by atoms with Crippen LogP contribution in [0.25, 0.3) is 0 Å². The van der Waals surface area contributed by atoms with Crippen LogP contribution >= 0.6 is 0 Å². The van der Waals surface area contributed by atoms with Gasteiger partial charge < -0.3 is 35.1 Å². The van der Waals surface area contributed by atoms with Gasteiger partial charge in [0.25, 0.3) is 5.91 Å². The predicted molar refractivity (Wildman–Crippen MR) is 155 cm³/mol. The predicted octanol–water partition coefficient (Wildman–Crippen LogP) is 2.71. The van der Waals surface area contributed by atoms with Crippen LogP contribution in [0.2, 0.25) is 0 Å². The number of amides is 2. The van der Waals surface area contributed by atoms with Gasteiger partial charge in [-0.1, -0.05) is 34.6 Å². The first-order chi connectivity index (χ1) is 19.5. The Labute approximate surface area is 242 Å². The van der Waals surface area contributed by atoms with Gasteiger partial charge in [0.1, 0.15) is 23.0 Å². The van der Waals surface area contributed by atoms with Crippen LogP contribution in [0.3, 0.4) is 0 Å². The summed E-state index contributed by atoms with van der Waals surface area (Å²) in [6.07, 6.45) is 4.83. The standard InChI is InChI=1S/C30H46N6O5/c1-20(2)18-36(22-13-21(14-31-15-22)34-28(39)30(19-37)8-11-40-12-9-30)26(38)24-17-33-27(29(3,4)5)35-25(24)32-16-23-7-6-10-41-23/h6-7,10,17,20-22,31,37H,8-9,11-16,18-19H2,1-5H3,(H,34,39)(H,32,33,35). The molecule has 226 valence electrons. The summed E-state index contributed by atoms with van der Waals surface area (Å²) >= 11 is 0. The lowest BCUT2D eigenvalue weighted by molar-refractivity contribution is -0.141. The van der Waals surface area contributed by atoms with Gasteiger partial charge in [0.2, 0.25) is 5.91 Å². The monoisotopic (exact) mass is 570 g/mol. The van der Waals surface area contributed by atoms with Crippen molar-refractivity contribution in [1.29, 1.82) is 0 Å². The highest BCUT2D eigenvalue weighted by Gasteiger charge is 2.41. The van der Waals surface area contributed by atoms with Crippen molar-refractivity contribution < 1.29 is 23.8 Å². The molecular formula is C30H46N6O5. The Hall–Kier alpha value is -3.02. The molecular weight excluding hydrogens is 524 g/mol. The topological polar surface area (TPSA) is 142 Å². The molecule has 2 atom stereocenters. The quantitative estimate of drug-likeness (QED) is 0.339. The van der Waals surface area contributed by atoms with E-state index in [1.807, 2.05) is 37.8 Å². The van der Waals surface area contributed by atoms with Crippen LogP contribution in [0.4, 0.5) is 5.82 Å². The van der Waals surface area contributed by atoms with Gasteiger partial charge in [-0.15, -0.1) is 0 Å². The highest BCUT2D eigenvalue weighted by Crippen LogP contribution is 2.31. The number of piperidine rings is 1. The van der Waals surface area contributed by atoms with E-state index in [2.05, 4.69) is 34.8 Å². The van der Waals surface area contributed by atoms with E-state index in [9.17, 15) is 14.7 Å². The van der Waals surface area contributed by atoms with E-state index in [-0.39, 0.29) is 41.8 Å². The fourth-order valence-electron chi connectivity index (χ4n) is 5.39. The van der Waals surface area contributed by atoms with E-state index < -0.39 is 5.41 Å². The second-order valence-corrected chi connectivity index (χ2v) is 12.8. The highest BCUT2D eigenvalue weighted by atomic mass is 16.5. The number of hydrogen-bond acceptors (Lipinski definition) is 9. The van der Waals surface area contributed by atoms with E-state index in [1.54, 1.807) is 12.5 Å². The minimum Gasteiger partial charge on any atom is -0.467 e. The zero-order chi connectivity index (χ0) is 29.6. The van der Waals surface area contributed by atoms with E-state index in [0.717, 1.165) is 5.76 Å². The maximum atomic E-state index is 14.2. The Kier molecular flexibility index (Phi) is 10.0. The Bertz CT molecular complexity index is 1160. The molecule has 4 rings (SSSR count). The molecule has 0 aliphatic carbocycles. The Morgan fingerprint density at radius 1 is 1.24 bits per heavy atom. The molecule has 2 amide bonds. The molecule has 0 saturated carbocycles. The number of rotatable bonds is 10. The van der Waals surface area contributed by atoms with Crippen molar-refractivity contribution in [2.45, 2.75) is 77.9 Å². The molecule has 0 aromatic carbocycles. The Morgan fingerprint density at radius 2 is 2.00 bits per heavy atom. The second kappa shape index (κ2) is 13.3. The van der Waals surface area contributed by atoms with Gasteiger partial charge in [0.15, 0.2) is 0 Å². The van der Waals surface area contributed by atoms with E-state index >= 15 is 0 Å². The zero-order valence-electron chi connectivity index (χ0n) is 25.0. The number of nitrogens with zero attached hydrogens (tertiary/aromatic N) is 3. The average Bonchev–Trinajstić information content (AvgIpc) is 3.48. The molecule has 4 heterocycles. The molecule has 2 aromatic rings. The van der Waals surface area contributed by atoms with Crippen molar-refractivity contribution in [3.63, 3.8) is 0 Å². The Morgan fingerprint density at radius 3 is 2.63 bits per heavy atom. The molecule has 2 fully saturated rings. The number of furan rings is 1. The number of aromatic nitrogens is 2. The fourth-order valence-corrected chi connectivity index (χ4v) is 5.39. The van der Waals surface area contributed by atoms with Crippen LogP contribution < -0.4 is 16.0 Å². The van der Waals surface area contributed by atoms with E-state index in [4.69, 9.17) is 14.1 Å². The smallest absolute Gasteiger partial charge is 0.259 e. The summed E-state index contributed by atoms with van der Waals surface area (Å²) in [4.78, 5) is 38.7. The van der Waals surface area contributed by atoms with Gasteiger partial charge in [-0.05, 0) is 37.3 Å². The number of carbonyl (C=O) groups excluding carboxylic acids is 2. The van der Waals surface area contributed by atoms with E-state index in [0.29, 0.717) is 75.9 Å². The molecule has 0 bridgehead atoms. The van der Waals surface area contributed by atoms with Crippen molar-refractivity contribution in [2.75, 3.05) is 44.8 Å². The second-order valence-electron chi connectivity index (χ2n) is 12.8. The molecule has 0 spiro atoms. The van der Waals surface area contributed by atoms with Crippen LogP contribution in [-0.2, 0) is 21.5 Å². The van der Waals surface area contributed by atoms with Crippen molar-refractivity contribution in [3.8, 4) is 0 Å². The third kappa shape index (κ3) is 7.64. The number of aliphatic hydroxyl groups excluding tert-OH is 1. The van der Waals surface area contributed by atoms with Crippen LogP contribution in [0.15, 0.2) is 29.0 Å². The average molecular weight is 571 g/mol. The van der Waals surface area contributed by atoms with Crippen molar-refractivity contribution in [1.82, 2.24) is 25.5 Å². The van der Waals surface area contributed by atoms with Gasteiger partial charge >= 0.3 is 0 Å². The Balaban J connectivity index is 1.55. The van der Waals surface area contributed by atoms with Crippen LogP contribution in [0, 0.1) is 11.3 Å². The summed E-state index contributed by atoms with van der Waals surface area (Å²) < 4.78 is 10.9. The van der Waals surface area contributed by atoms with Crippen molar-refractivity contribution >= 4 is 17.6 Å². The third-order valence-corrected chi connectivity index (χ3v) is 7.86. The molecule has 2 saturated heterocycles. The number of hydrogen-bond donors (Lipinski definition) is 4. The van der Waals surface area contributed by atoms with Crippen LogP contribution in [-0.4, -0.2) is 83.3 Å². The number of carbonyl (C=O) groups is 2. The molecule has 4 N–H and O–H groups in total. The molecule has 11 nitrogen and oxygen atoms in total. The molecule has 41 heavy (non-hydrogen) atoms. The van der Waals surface area contributed by atoms with Gasteiger partial charge in [-0.3, -0.25) is 9.59 Å². The minimum atomic E-state index is -0.820. The number of ether oxygens (including phenoxy) is 1. The first kappa shape index (κ1) is 30.9. The molecule has 2 aromatic heterocycles. The lowest BCUT2D eigenvalue weighted by Crippen LogP contribution is -2.59. The van der Waals surface area contributed by atoms with Gasteiger partial charge in [0.05, 0.1) is 24.8 Å². The number of nitrogens with one attached hydrogen (secondary N) is 3. The summed E-state index contributed by atoms with van der Waals surface area (Å²) in [5, 5.41) is 20.0. The minimum absolute atomic E-state index is 0.145. The summed E-state index contributed by atoms with van der Waals surface area (Å²) in [6.45, 7) is 13.1.